The van der Waals surface area contributed by atoms with E-state index in [1.54, 1.807) is 0 Å². The second-order valence-corrected chi connectivity index (χ2v) is 8.82. The van der Waals surface area contributed by atoms with Gasteiger partial charge in [0.25, 0.3) is 0 Å². The molecule has 1 N–H and O–H groups in total. The molecule has 0 saturated heterocycles. The van der Waals surface area contributed by atoms with E-state index >= 15 is 0 Å². The van der Waals surface area contributed by atoms with Crippen LogP contribution in [0.15, 0.2) is 23.3 Å². The van der Waals surface area contributed by atoms with Crippen molar-refractivity contribution in [1.82, 2.24) is 0 Å². The predicted molar refractivity (Wildman–Crippen MR) is 102 cm³/mol. The highest BCUT2D eigenvalue weighted by Crippen LogP contribution is 2.56. The molecule has 3 rings (SSSR count). The lowest BCUT2D eigenvalue weighted by molar-refractivity contribution is -0.150. The second kappa shape index (κ2) is 7.78. The Bertz CT molecular complexity index is 664. The van der Waals surface area contributed by atoms with Gasteiger partial charge >= 0.3 is 11.9 Å². The van der Waals surface area contributed by atoms with Gasteiger partial charge in [-0.05, 0) is 61.9 Å². The zero-order valence-corrected chi connectivity index (χ0v) is 16.9. The van der Waals surface area contributed by atoms with Gasteiger partial charge in [0.15, 0.2) is 0 Å². The maximum Gasteiger partial charge on any atom is 0.334 e. The van der Waals surface area contributed by atoms with Crippen molar-refractivity contribution in [3.8, 4) is 0 Å². The molecule has 1 aliphatic heterocycles. The average molecular weight is 376 g/mol. The maximum atomic E-state index is 12.4. The molecule has 3 aliphatic rings. The van der Waals surface area contributed by atoms with Gasteiger partial charge in [-0.15, -0.1) is 0 Å². The number of hydrogen-bond acceptors (Lipinski definition) is 5. The number of ether oxygens (including phenoxy) is 2. The molecule has 5 heteroatoms. The predicted octanol–water partition coefficient (Wildman–Crippen LogP) is 3.42. The number of carbonyl (C=O) groups excluding carboxylic acids is 2. The topological polar surface area (TPSA) is 72.8 Å². The molecule has 7 atom stereocenters. The fourth-order valence-corrected chi connectivity index (χ4v) is 5.07. The van der Waals surface area contributed by atoms with Gasteiger partial charge in [0.1, 0.15) is 12.7 Å². The average Bonchev–Trinajstić information content (AvgIpc) is 3.27. The lowest BCUT2D eigenvalue weighted by Gasteiger charge is -2.35. The van der Waals surface area contributed by atoms with E-state index < -0.39 is 6.10 Å². The third kappa shape index (κ3) is 4.13. The van der Waals surface area contributed by atoms with Crippen molar-refractivity contribution in [2.24, 2.45) is 29.6 Å². The van der Waals surface area contributed by atoms with Crippen molar-refractivity contribution in [2.75, 3.05) is 6.61 Å². The van der Waals surface area contributed by atoms with E-state index in [1.165, 1.54) is 6.92 Å². The van der Waals surface area contributed by atoms with Crippen LogP contribution in [-0.2, 0) is 19.1 Å². The standard InChI is InChI=1S/C22H32O5/c1-11(2)18(24)7-6-12(3)20-17-10-26-22(25)21(17)16-9-15(16)13(4)8-19(20)27-14(5)23/h12-13,15-16,18-20,24H,1,6-10H2,2-5H3/t12-,13-,15+,16+,18?,19-,20+/m0/s1. The van der Waals surface area contributed by atoms with E-state index in [2.05, 4.69) is 20.4 Å². The number of aliphatic hydroxyl groups excluding tert-OH is 1. The van der Waals surface area contributed by atoms with E-state index in [9.17, 15) is 14.7 Å². The normalized spacial score (nSPS) is 34.6. The van der Waals surface area contributed by atoms with Crippen molar-refractivity contribution < 1.29 is 24.2 Å². The number of hydrogen-bond donors (Lipinski definition) is 1. The summed E-state index contributed by atoms with van der Waals surface area (Å²) in [6.45, 7) is 11.7. The summed E-state index contributed by atoms with van der Waals surface area (Å²) in [7, 11) is 0. The minimum atomic E-state index is -0.533. The molecule has 0 bridgehead atoms. The number of esters is 2. The molecule has 1 unspecified atom stereocenters. The van der Waals surface area contributed by atoms with Crippen LogP contribution in [0.5, 0.6) is 0 Å². The van der Waals surface area contributed by atoms with Crippen molar-refractivity contribution in [3.05, 3.63) is 23.3 Å². The highest BCUT2D eigenvalue weighted by Gasteiger charge is 2.53. The molecule has 1 saturated carbocycles. The van der Waals surface area contributed by atoms with Gasteiger partial charge in [0, 0.05) is 18.4 Å². The molecule has 27 heavy (non-hydrogen) atoms. The number of aliphatic hydroxyl groups is 1. The molecular weight excluding hydrogens is 344 g/mol. The van der Waals surface area contributed by atoms with Crippen LogP contribution in [0.3, 0.4) is 0 Å². The van der Waals surface area contributed by atoms with Crippen molar-refractivity contribution in [1.29, 1.82) is 0 Å². The van der Waals surface area contributed by atoms with E-state index in [1.807, 2.05) is 6.92 Å². The quantitative estimate of drug-likeness (QED) is 0.568. The molecule has 5 nitrogen and oxygen atoms in total. The van der Waals surface area contributed by atoms with Crippen molar-refractivity contribution in [2.45, 2.75) is 65.6 Å². The van der Waals surface area contributed by atoms with E-state index in [0.717, 1.165) is 36.0 Å². The fourth-order valence-electron chi connectivity index (χ4n) is 5.07. The van der Waals surface area contributed by atoms with Crippen LogP contribution in [-0.4, -0.2) is 35.9 Å². The first kappa shape index (κ1) is 20.1. The maximum absolute atomic E-state index is 12.4. The molecular formula is C22H32O5. The summed E-state index contributed by atoms with van der Waals surface area (Å²) >= 11 is 0. The third-order valence-electron chi connectivity index (χ3n) is 6.67. The van der Waals surface area contributed by atoms with Crippen LogP contribution in [0.4, 0.5) is 0 Å². The summed E-state index contributed by atoms with van der Waals surface area (Å²) in [5, 5.41) is 10.1. The van der Waals surface area contributed by atoms with Crippen molar-refractivity contribution >= 4 is 11.9 Å². The molecule has 0 aromatic carbocycles. The van der Waals surface area contributed by atoms with Crippen LogP contribution in [0, 0.1) is 29.6 Å². The minimum absolute atomic E-state index is 0.0447. The van der Waals surface area contributed by atoms with E-state index in [0.29, 0.717) is 30.8 Å². The summed E-state index contributed by atoms with van der Waals surface area (Å²) in [6.07, 6.45) is 2.43. The Morgan fingerprint density at radius 3 is 2.67 bits per heavy atom. The van der Waals surface area contributed by atoms with Crippen LogP contribution < -0.4 is 0 Å². The number of fused-ring (bicyclic) bond motifs is 2. The van der Waals surface area contributed by atoms with Crippen molar-refractivity contribution in [3.63, 3.8) is 0 Å². The monoisotopic (exact) mass is 376 g/mol. The highest BCUT2D eigenvalue weighted by atomic mass is 16.5. The summed E-state index contributed by atoms with van der Waals surface area (Å²) in [6, 6.07) is 0. The number of rotatable bonds is 6. The molecule has 0 aromatic rings. The molecule has 0 spiro atoms. The van der Waals surface area contributed by atoms with Gasteiger partial charge in [0.2, 0.25) is 0 Å². The van der Waals surface area contributed by atoms with E-state index in [4.69, 9.17) is 9.47 Å². The summed E-state index contributed by atoms with van der Waals surface area (Å²) < 4.78 is 11.2. The van der Waals surface area contributed by atoms with E-state index in [-0.39, 0.29) is 29.9 Å². The lowest BCUT2D eigenvalue weighted by atomic mass is 9.73. The zero-order valence-electron chi connectivity index (χ0n) is 16.9. The van der Waals surface area contributed by atoms with Crippen LogP contribution in [0.2, 0.25) is 0 Å². The first-order valence-electron chi connectivity index (χ1n) is 10.1. The first-order chi connectivity index (χ1) is 12.7. The van der Waals surface area contributed by atoms with Gasteiger partial charge in [0.05, 0.1) is 6.10 Å². The SMILES string of the molecule is C=C(C)C(O)CC[C@H](C)[C@@H]1C2=C(C(=O)OC2)[C@@H]2C[C@@H]2[C@@H](C)C[C@@H]1OC(C)=O. The molecule has 0 amide bonds. The van der Waals surface area contributed by atoms with Gasteiger partial charge in [-0.25, -0.2) is 4.79 Å². The van der Waals surface area contributed by atoms with Crippen LogP contribution in [0.25, 0.3) is 0 Å². The lowest BCUT2D eigenvalue weighted by Crippen LogP contribution is -2.36. The Balaban J connectivity index is 1.91. The number of carbonyl (C=O) groups is 2. The zero-order chi connectivity index (χ0) is 19.9. The molecule has 1 fully saturated rings. The molecule has 150 valence electrons. The Morgan fingerprint density at radius 2 is 2.04 bits per heavy atom. The molecule has 0 radical (unpaired) electrons. The minimum Gasteiger partial charge on any atom is -0.462 e. The largest absolute Gasteiger partial charge is 0.462 e. The highest BCUT2D eigenvalue weighted by molar-refractivity contribution is 5.93. The van der Waals surface area contributed by atoms with Crippen LogP contribution >= 0.6 is 0 Å². The van der Waals surface area contributed by atoms with Gasteiger partial charge < -0.3 is 14.6 Å². The Morgan fingerprint density at radius 1 is 1.33 bits per heavy atom. The van der Waals surface area contributed by atoms with Crippen LogP contribution in [0.1, 0.15) is 53.4 Å². The summed E-state index contributed by atoms with van der Waals surface area (Å²) in [5.74, 6) is 0.831. The fraction of sp³-hybridized carbons (Fsp3) is 0.727. The smallest absolute Gasteiger partial charge is 0.334 e. The van der Waals surface area contributed by atoms with Gasteiger partial charge in [-0.3, -0.25) is 4.79 Å². The Hall–Kier alpha value is -1.62. The second-order valence-electron chi connectivity index (χ2n) is 8.82. The summed E-state index contributed by atoms with van der Waals surface area (Å²) in [5.41, 5.74) is 2.63. The summed E-state index contributed by atoms with van der Waals surface area (Å²) in [4.78, 5) is 24.2. The Kier molecular flexibility index (Phi) is 5.80. The first-order valence-corrected chi connectivity index (χ1v) is 10.1. The third-order valence-corrected chi connectivity index (χ3v) is 6.67. The molecule has 1 heterocycles. The Labute approximate surface area is 161 Å². The number of cyclic esters (lactones) is 1. The van der Waals surface area contributed by atoms with Gasteiger partial charge in [-0.2, -0.15) is 0 Å². The molecule has 2 aliphatic carbocycles. The van der Waals surface area contributed by atoms with Gasteiger partial charge in [-0.1, -0.05) is 26.0 Å². The molecule has 0 aromatic heterocycles.